The molecule has 5 rings (SSSR count). The number of ketones is 2. The van der Waals surface area contributed by atoms with E-state index in [9.17, 15) is 9.59 Å². The molecule has 4 aromatic carbocycles. The van der Waals surface area contributed by atoms with Crippen molar-refractivity contribution in [3.05, 3.63) is 160 Å². The Hall–Kier alpha value is -4.23. The van der Waals surface area contributed by atoms with E-state index in [2.05, 4.69) is 96.8 Å². The minimum Gasteiger partial charge on any atom is -0.287 e. The second kappa shape index (κ2) is 19.2. The fraction of sp³-hybridized carbons (Fsp3) is 0.279. The number of hydrogen-bond acceptors (Lipinski definition) is 5. The third kappa shape index (κ3) is 10.4. The number of carbonyl (C=O) groups is 2. The van der Waals surface area contributed by atoms with E-state index in [0.717, 1.165) is 25.7 Å². The van der Waals surface area contributed by atoms with Crippen LogP contribution >= 0.6 is 12.4 Å². The number of nitrogens with zero attached hydrogens (tertiary/aromatic N) is 3. The van der Waals surface area contributed by atoms with Gasteiger partial charge < -0.3 is 0 Å². The average molecular weight is 733 g/mol. The predicted octanol–water partition coefficient (Wildman–Crippen LogP) is 12.6. The van der Waals surface area contributed by atoms with Crippen LogP contribution < -0.4 is 0 Å². The van der Waals surface area contributed by atoms with Crippen molar-refractivity contribution in [3.8, 4) is 0 Å². The summed E-state index contributed by atoms with van der Waals surface area (Å²) < 4.78 is 9.89. The Bertz CT molecular complexity index is 1760. The van der Waals surface area contributed by atoms with Crippen LogP contribution in [0.15, 0.2) is 123 Å². The second-order valence-electron chi connectivity index (χ2n) is 13.2. The molecule has 0 aliphatic rings. The summed E-state index contributed by atoms with van der Waals surface area (Å²) in [6.07, 6.45) is 0. The van der Waals surface area contributed by atoms with E-state index in [0.29, 0.717) is 34.8 Å². The Balaban J connectivity index is 0.000000270. The zero-order valence-corrected chi connectivity index (χ0v) is 32.0. The molecule has 1 heterocycles. The summed E-state index contributed by atoms with van der Waals surface area (Å²) in [5, 5.41) is 0. The van der Waals surface area contributed by atoms with Gasteiger partial charge in [0.2, 0.25) is 11.6 Å². The molecule has 0 unspecified atom stereocenters. The summed E-state index contributed by atoms with van der Waals surface area (Å²) >= 11 is 0.800. The number of hydrogen-bond donors (Lipinski definition) is 0. The maximum absolute atomic E-state index is 12.4. The topological polar surface area (TPSA) is 71.8 Å². The Morgan fingerprint density at radius 1 is 0.460 bits per heavy atom. The first-order valence-corrected chi connectivity index (χ1v) is 17.9. The molecule has 0 aliphatic heterocycles. The van der Waals surface area contributed by atoms with Gasteiger partial charge in [-0.05, 0) is 12.1 Å². The third-order valence-corrected chi connectivity index (χ3v) is 8.86. The van der Waals surface area contributed by atoms with Crippen LogP contribution in [-0.2, 0) is 14.3 Å². The van der Waals surface area contributed by atoms with Crippen LogP contribution in [0.2, 0.25) is 0 Å². The Morgan fingerprint density at radius 2 is 0.760 bits per heavy atom. The van der Waals surface area contributed by atoms with Crippen molar-refractivity contribution in [2.75, 3.05) is 0 Å². The maximum Gasteiger partial charge on any atom is 0.211 e. The molecule has 0 atom stereocenters. The van der Waals surface area contributed by atoms with Gasteiger partial charge >= 0.3 is 171 Å². The van der Waals surface area contributed by atoms with Crippen molar-refractivity contribution < 1.29 is 23.9 Å². The van der Waals surface area contributed by atoms with Gasteiger partial charge in [0, 0.05) is 11.1 Å². The molecule has 0 aliphatic carbocycles. The summed E-state index contributed by atoms with van der Waals surface area (Å²) in [4.78, 5) is 29.0. The van der Waals surface area contributed by atoms with Crippen LogP contribution in [-0.4, -0.2) is 16.6 Å². The van der Waals surface area contributed by atoms with Crippen molar-refractivity contribution in [3.63, 3.8) is 0 Å². The fourth-order valence-electron chi connectivity index (χ4n) is 5.44. The molecular weight excluding hydrogens is 685 g/mol. The van der Waals surface area contributed by atoms with Crippen molar-refractivity contribution >= 4 is 35.3 Å². The molecule has 263 valence electrons. The Morgan fingerprint density at radius 3 is 1.06 bits per heavy atom. The van der Waals surface area contributed by atoms with E-state index >= 15 is 0 Å². The predicted molar refractivity (Wildman–Crippen MR) is 205 cm³/mol. The maximum atomic E-state index is 12.4. The van der Waals surface area contributed by atoms with Crippen LogP contribution in [0.5, 0.6) is 0 Å². The van der Waals surface area contributed by atoms with Crippen LogP contribution in [0.25, 0.3) is 0 Å². The number of halogens is 1. The molecule has 1 aromatic heterocycles. The summed E-state index contributed by atoms with van der Waals surface area (Å²) in [6, 6.07) is 35.8. The van der Waals surface area contributed by atoms with Gasteiger partial charge in [0.25, 0.3) is 0 Å². The number of pyridine rings is 1. The van der Waals surface area contributed by atoms with Crippen LogP contribution in [0.1, 0.15) is 133 Å². The first-order valence-electron chi connectivity index (χ1n) is 16.9. The molecule has 0 saturated heterocycles. The smallest absolute Gasteiger partial charge is 0.211 e. The van der Waals surface area contributed by atoms with E-state index in [-0.39, 0.29) is 35.4 Å². The fourth-order valence-corrected chi connectivity index (χ4v) is 6.24. The first kappa shape index (κ1) is 40.2. The van der Waals surface area contributed by atoms with Crippen molar-refractivity contribution in [1.82, 2.24) is 4.98 Å². The molecular formula is C43H48ClCoN3O2. The molecule has 50 heavy (non-hydrogen) atoms. The number of rotatable bonds is 10. The molecule has 5 aromatic rings. The van der Waals surface area contributed by atoms with Gasteiger partial charge in [-0.25, -0.2) is 4.98 Å². The SMILES string of the molecule is CC(C)c1cccc(C(C)C)c1[N]=[Co]=[N]c1c(C(C)C)cccc1C(C)C.Cl.O=C(c1ccccc1)c1cccc(C(=O)c2ccccc2)n1. The van der Waals surface area contributed by atoms with E-state index < -0.39 is 0 Å². The molecule has 0 fully saturated rings. The monoisotopic (exact) mass is 732 g/mol. The number of aromatic nitrogens is 1. The minimum absolute atomic E-state index is 0. The Kier molecular flexibility index (Phi) is 15.5. The van der Waals surface area contributed by atoms with Crippen LogP contribution in [0.4, 0.5) is 11.4 Å². The summed E-state index contributed by atoms with van der Waals surface area (Å²) in [5.74, 6) is 1.42. The van der Waals surface area contributed by atoms with E-state index in [1.165, 1.54) is 22.3 Å². The van der Waals surface area contributed by atoms with Gasteiger partial charge in [0.15, 0.2) is 0 Å². The van der Waals surface area contributed by atoms with Gasteiger partial charge in [-0.2, -0.15) is 0 Å². The molecule has 0 N–H and O–H groups in total. The van der Waals surface area contributed by atoms with Crippen LogP contribution in [0.3, 0.4) is 0 Å². The van der Waals surface area contributed by atoms with E-state index in [1.54, 1.807) is 66.7 Å². The van der Waals surface area contributed by atoms with Crippen molar-refractivity contribution in [1.29, 1.82) is 0 Å². The summed E-state index contributed by atoms with van der Waals surface area (Å²) in [7, 11) is 0. The number of benzene rings is 4. The molecule has 0 amide bonds. The quantitative estimate of drug-likeness (QED) is 0.134. The minimum atomic E-state index is -0.191. The largest absolute Gasteiger partial charge is 0.287 e. The van der Waals surface area contributed by atoms with Gasteiger partial charge in [-0.1, -0.05) is 66.7 Å². The summed E-state index contributed by atoms with van der Waals surface area (Å²) in [6.45, 7) is 17.9. The van der Waals surface area contributed by atoms with Crippen LogP contribution in [0, 0.1) is 0 Å². The number of carbonyl (C=O) groups excluding carboxylic acids is 2. The first-order chi connectivity index (χ1) is 23.5. The van der Waals surface area contributed by atoms with Gasteiger partial charge in [-0.15, -0.1) is 12.4 Å². The molecule has 0 bridgehead atoms. The van der Waals surface area contributed by atoms with Crippen molar-refractivity contribution in [2.45, 2.75) is 79.1 Å². The van der Waals surface area contributed by atoms with E-state index in [4.69, 9.17) is 7.99 Å². The van der Waals surface area contributed by atoms with Gasteiger partial charge in [0.05, 0.1) is 0 Å². The average Bonchev–Trinajstić information content (AvgIpc) is 3.11. The summed E-state index contributed by atoms with van der Waals surface area (Å²) in [5.41, 5.74) is 9.14. The van der Waals surface area contributed by atoms with Gasteiger partial charge in [-0.3, -0.25) is 9.59 Å². The zero-order valence-electron chi connectivity index (χ0n) is 30.2. The Labute approximate surface area is 310 Å². The molecule has 7 heteroatoms. The van der Waals surface area contributed by atoms with Crippen molar-refractivity contribution in [2.24, 2.45) is 7.99 Å². The molecule has 0 radical (unpaired) electrons. The third-order valence-electron chi connectivity index (χ3n) is 8.19. The van der Waals surface area contributed by atoms with E-state index in [1.807, 2.05) is 12.1 Å². The standard InChI is InChI=1S/C19H13NO2.2C12H17N.ClH.Co/c21-18(14-8-3-1-4-9-14)16-12-7-13-17(20-16)19(22)15-10-5-2-6-11-15;2*1-8(2)10-6-5-7-11(9(3)4)12(10)13;;/h1-13H;2*5-9H,1-4H3;1H;. The normalized spacial score (nSPS) is 10.8. The van der Waals surface area contributed by atoms with Gasteiger partial charge in [0.1, 0.15) is 11.4 Å². The molecule has 5 nitrogen and oxygen atoms in total. The zero-order chi connectivity index (χ0) is 35.5. The molecule has 0 spiro atoms. The molecule has 0 saturated carbocycles. The second-order valence-corrected chi connectivity index (χ2v) is 13.9.